The van der Waals surface area contributed by atoms with E-state index in [4.69, 9.17) is 14.3 Å². The molecule has 0 amide bonds. The lowest BCUT2D eigenvalue weighted by Gasteiger charge is -2.32. The van der Waals surface area contributed by atoms with Crippen LogP contribution in [0.5, 0.6) is 5.75 Å². The number of ether oxygens (including phenoxy) is 1. The number of rotatable bonds is 5. The largest absolute Gasteiger partial charge is 0.490 e. The van der Waals surface area contributed by atoms with E-state index < -0.39 is 5.97 Å². The highest BCUT2D eigenvalue weighted by molar-refractivity contribution is 5.91. The van der Waals surface area contributed by atoms with Crippen LogP contribution in [0.15, 0.2) is 52.9 Å². The predicted molar refractivity (Wildman–Crippen MR) is 98.5 cm³/mol. The topological polar surface area (TPSA) is 62.9 Å². The number of furan rings is 1. The third-order valence-corrected chi connectivity index (χ3v) is 4.85. The summed E-state index contributed by atoms with van der Waals surface area (Å²) in [5.41, 5.74) is 1.71. The molecule has 1 saturated heterocycles. The molecular weight excluding hydrogens is 349 g/mol. The van der Waals surface area contributed by atoms with E-state index in [1.165, 1.54) is 12.1 Å². The molecule has 0 radical (unpaired) electrons. The quantitative estimate of drug-likeness (QED) is 0.726. The van der Waals surface area contributed by atoms with Gasteiger partial charge < -0.3 is 14.3 Å². The van der Waals surface area contributed by atoms with Crippen molar-refractivity contribution in [2.24, 2.45) is 0 Å². The number of nitrogens with zero attached hydrogens (tertiary/aromatic N) is 1. The minimum atomic E-state index is -1.06. The molecule has 1 N–H and O–H groups in total. The molecule has 3 aromatic rings. The Hall–Kier alpha value is -2.86. The Morgan fingerprint density at radius 3 is 2.59 bits per heavy atom. The number of likely N-dealkylation sites (tertiary alicyclic amines) is 1. The first-order chi connectivity index (χ1) is 13.1. The van der Waals surface area contributed by atoms with Crippen LogP contribution in [0.25, 0.3) is 11.0 Å². The minimum Gasteiger partial charge on any atom is -0.490 e. The van der Waals surface area contributed by atoms with Crippen LogP contribution in [0, 0.1) is 5.82 Å². The summed E-state index contributed by atoms with van der Waals surface area (Å²) >= 11 is 0. The van der Waals surface area contributed by atoms with E-state index >= 15 is 0 Å². The molecule has 0 spiro atoms. The maximum absolute atomic E-state index is 13.0. The maximum atomic E-state index is 13.0. The Morgan fingerprint density at radius 2 is 1.89 bits per heavy atom. The van der Waals surface area contributed by atoms with Crippen molar-refractivity contribution < 1.29 is 23.4 Å². The molecule has 0 unspecified atom stereocenters. The zero-order valence-corrected chi connectivity index (χ0v) is 14.7. The number of carboxylic acid groups (broad SMARTS) is 1. The zero-order valence-electron chi connectivity index (χ0n) is 14.7. The van der Waals surface area contributed by atoms with Gasteiger partial charge in [-0.3, -0.25) is 4.90 Å². The molecule has 1 fully saturated rings. The van der Waals surface area contributed by atoms with Gasteiger partial charge in [-0.05, 0) is 60.9 Å². The summed E-state index contributed by atoms with van der Waals surface area (Å²) in [6.45, 7) is 2.62. The number of halogens is 1. The normalized spacial score (nSPS) is 15.9. The molecular formula is C21H20FNO4. The molecule has 0 atom stereocenters. The number of carboxylic acids is 1. The van der Waals surface area contributed by atoms with Crippen molar-refractivity contribution in [3.8, 4) is 5.75 Å². The molecule has 27 heavy (non-hydrogen) atoms. The molecule has 0 aliphatic carbocycles. The van der Waals surface area contributed by atoms with Crippen LogP contribution in [0.3, 0.4) is 0 Å². The highest BCUT2D eigenvalue weighted by Crippen LogP contribution is 2.24. The van der Waals surface area contributed by atoms with Crippen LogP contribution in [0.2, 0.25) is 0 Å². The van der Waals surface area contributed by atoms with Crippen molar-refractivity contribution in [2.75, 3.05) is 13.1 Å². The van der Waals surface area contributed by atoms with Crippen LogP contribution >= 0.6 is 0 Å². The summed E-state index contributed by atoms with van der Waals surface area (Å²) in [5.74, 6) is -0.659. The molecule has 2 aromatic carbocycles. The average molecular weight is 369 g/mol. The van der Waals surface area contributed by atoms with Crippen LogP contribution in [-0.2, 0) is 6.54 Å². The Bertz CT molecular complexity index is 942. The fraction of sp³-hybridized carbons (Fsp3) is 0.286. The number of piperidine rings is 1. The van der Waals surface area contributed by atoms with E-state index in [1.807, 2.05) is 18.2 Å². The molecule has 0 saturated carbocycles. The lowest BCUT2D eigenvalue weighted by molar-refractivity contribution is 0.0665. The second-order valence-corrected chi connectivity index (χ2v) is 6.84. The lowest BCUT2D eigenvalue weighted by Crippen LogP contribution is -2.37. The monoisotopic (exact) mass is 369 g/mol. The van der Waals surface area contributed by atoms with E-state index in [2.05, 4.69) is 4.90 Å². The minimum absolute atomic E-state index is 0.0408. The van der Waals surface area contributed by atoms with Crippen LogP contribution in [-0.4, -0.2) is 35.2 Å². The standard InChI is InChI=1S/C21H20FNO4/c22-16-2-4-17(5-3-16)26-18-7-9-23(10-8-18)13-14-1-6-19-15(11-14)12-20(27-19)21(24)25/h1-6,11-12,18H,7-10,13H2,(H,24,25). The number of aromatic carboxylic acids is 1. The first kappa shape index (κ1) is 17.5. The molecule has 1 aliphatic heterocycles. The van der Waals surface area contributed by atoms with E-state index in [0.29, 0.717) is 11.3 Å². The summed E-state index contributed by atoms with van der Waals surface area (Å²) in [4.78, 5) is 13.4. The summed E-state index contributed by atoms with van der Waals surface area (Å²) in [6.07, 6.45) is 1.96. The molecule has 6 heteroatoms. The number of hydrogen-bond acceptors (Lipinski definition) is 4. The Labute approximate surface area is 156 Å². The molecule has 1 aliphatic rings. The second-order valence-electron chi connectivity index (χ2n) is 6.84. The van der Waals surface area contributed by atoms with Gasteiger partial charge in [0.15, 0.2) is 0 Å². The van der Waals surface area contributed by atoms with Gasteiger partial charge in [0.05, 0.1) is 0 Å². The van der Waals surface area contributed by atoms with E-state index in [9.17, 15) is 9.18 Å². The smallest absolute Gasteiger partial charge is 0.371 e. The molecule has 0 bridgehead atoms. The molecule has 1 aromatic heterocycles. The highest BCUT2D eigenvalue weighted by Gasteiger charge is 2.21. The van der Waals surface area contributed by atoms with E-state index in [1.54, 1.807) is 18.2 Å². The van der Waals surface area contributed by atoms with Gasteiger partial charge in [0.25, 0.3) is 0 Å². The van der Waals surface area contributed by atoms with Gasteiger partial charge in [-0.15, -0.1) is 0 Å². The first-order valence-corrected chi connectivity index (χ1v) is 8.97. The fourth-order valence-electron chi connectivity index (χ4n) is 3.45. The van der Waals surface area contributed by atoms with Crippen LogP contribution in [0.4, 0.5) is 4.39 Å². The van der Waals surface area contributed by atoms with Gasteiger partial charge in [-0.2, -0.15) is 0 Å². The second kappa shape index (κ2) is 7.40. The fourth-order valence-corrected chi connectivity index (χ4v) is 3.45. The summed E-state index contributed by atoms with van der Waals surface area (Å²) in [6, 6.07) is 13.5. The van der Waals surface area contributed by atoms with Gasteiger partial charge in [0.1, 0.15) is 23.3 Å². The summed E-state index contributed by atoms with van der Waals surface area (Å²) < 4.78 is 24.2. The van der Waals surface area contributed by atoms with Crippen molar-refractivity contribution in [3.63, 3.8) is 0 Å². The van der Waals surface area contributed by atoms with Crippen molar-refractivity contribution >= 4 is 16.9 Å². The number of benzene rings is 2. The summed E-state index contributed by atoms with van der Waals surface area (Å²) in [5, 5.41) is 9.83. The third kappa shape index (κ3) is 4.11. The average Bonchev–Trinajstić information content (AvgIpc) is 3.09. The van der Waals surface area contributed by atoms with Crippen molar-refractivity contribution in [1.29, 1.82) is 0 Å². The Balaban J connectivity index is 1.34. The predicted octanol–water partition coefficient (Wildman–Crippen LogP) is 4.31. The first-order valence-electron chi connectivity index (χ1n) is 8.97. The van der Waals surface area contributed by atoms with Crippen molar-refractivity contribution in [1.82, 2.24) is 4.90 Å². The third-order valence-electron chi connectivity index (χ3n) is 4.85. The number of carbonyl (C=O) groups is 1. The van der Waals surface area contributed by atoms with Gasteiger partial charge in [-0.1, -0.05) is 6.07 Å². The van der Waals surface area contributed by atoms with Gasteiger partial charge >= 0.3 is 5.97 Å². The van der Waals surface area contributed by atoms with Gasteiger partial charge in [-0.25, -0.2) is 9.18 Å². The SMILES string of the molecule is O=C(O)c1cc2cc(CN3CCC(Oc4ccc(F)cc4)CC3)ccc2o1. The van der Waals surface area contributed by atoms with Crippen molar-refractivity contribution in [2.45, 2.75) is 25.5 Å². The molecule has 2 heterocycles. The number of fused-ring (bicyclic) bond motifs is 1. The van der Waals surface area contributed by atoms with Crippen LogP contribution < -0.4 is 4.74 Å². The molecule has 5 nitrogen and oxygen atoms in total. The lowest BCUT2D eigenvalue weighted by atomic mass is 10.1. The number of hydrogen-bond donors (Lipinski definition) is 1. The molecule has 4 rings (SSSR count). The zero-order chi connectivity index (χ0) is 18.8. The van der Waals surface area contributed by atoms with E-state index in [0.717, 1.165) is 43.4 Å². The Morgan fingerprint density at radius 1 is 1.15 bits per heavy atom. The van der Waals surface area contributed by atoms with Gasteiger partial charge in [0, 0.05) is 25.0 Å². The molecule has 140 valence electrons. The van der Waals surface area contributed by atoms with Crippen LogP contribution in [0.1, 0.15) is 29.0 Å². The Kier molecular flexibility index (Phi) is 4.81. The van der Waals surface area contributed by atoms with Crippen molar-refractivity contribution in [3.05, 3.63) is 65.7 Å². The van der Waals surface area contributed by atoms with Gasteiger partial charge in [0.2, 0.25) is 5.76 Å². The highest BCUT2D eigenvalue weighted by atomic mass is 19.1. The van der Waals surface area contributed by atoms with E-state index in [-0.39, 0.29) is 17.7 Å². The maximum Gasteiger partial charge on any atom is 0.371 e. The summed E-state index contributed by atoms with van der Waals surface area (Å²) in [7, 11) is 0.